The number of fused-ring (bicyclic) bond motifs is 1. The van der Waals surface area contributed by atoms with Gasteiger partial charge in [-0.05, 0) is 30.0 Å². The maximum Gasteiger partial charge on any atom is 0.0809 e. The molecule has 0 radical (unpaired) electrons. The number of nitrogens with two attached hydrogens (primary N) is 1. The fourth-order valence-corrected chi connectivity index (χ4v) is 2.32. The number of hydrogen-bond acceptors (Lipinski definition) is 5. The zero-order valence-corrected chi connectivity index (χ0v) is 9.96. The van der Waals surface area contributed by atoms with Gasteiger partial charge in [0.15, 0.2) is 0 Å². The van der Waals surface area contributed by atoms with E-state index in [1.807, 2.05) is 24.6 Å². The Morgan fingerprint density at radius 2 is 2.50 bits per heavy atom. The summed E-state index contributed by atoms with van der Waals surface area (Å²) in [5, 5.41) is 2.04. The Hall–Kier alpha value is -1.01. The van der Waals surface area contributed by atoms with Crippen molar-refractivity contribution in [3.05, 3.63) is 29.3 Å². The van der Waals surface area contributed by atoms with E-state index in [0.717, 1.165) is 11.1 Å². The fraction of sp³-hybridized carbons (Fsp3) is 0.364. The van der Waals surface area contributed by atoms with Crippen LogP contribution in [-0.4, -0.2) is 18.2 Å². The minimum absolute atomic E-state index is 0.000972. The van der Waals surface area contributed by atoms with Gasteiger partial charge in [0.1, 0.15) is 0 Å². The molecule has 0 fully saturated rings. The Labute approximate surface area is 98.4 Å². The monoisotopic (exact) mass is 237 g/mol. The Morgan fingerprint density at radius 3 is 3.25 bits per heavy atom. The lowest BCUT2D eigenvalue weighted by molar-refractivity contribution is 0.123. The van der Waals surface area contributed by atoms with Crippen LogP contribution in [0.4, 0.5) is 0 Å². The molecule has 0 aliphatic rings. The van der Waals surface area contributed by atoms with E-state index in [2.05, 4.69) is 16.5 Å². The summed E-state index contributed by atoms with van der Waals surface area (Å²) in [6.07, 6.45) is 1.85. The second-order valence-electron chi connectivity index (χ2n) is 3.45. The van der Waals surface area contributed by atoms with Crippen LogP contribution in [0.25, 0.3) is 10.2 Å². The molecular formula is C11H15N3OS. The molecule has 0 saturated heterocycles. The molecule has 86 valence electrons. The summed E-state index contributed by atoms with van der Waals surface area (Å²) in [6.45, 7) is 3.21. The number of rotatable bonds is 5. The molecular weight excluding hydrogens is 222 g/mol. The first kappa shape index (κ1) is 11.5. The van der Waals surface area contributed by atoms with E-state index in [4.69, 9.17) is 10.6 Å². The van der Waals surface area contributed by atoms with E-state index in [-0.39, 0.29) is 6.04 Å². The van der Waals surface area contributed by atoms with Crippen molar-refractivity contribution in [2.45, 2.75) is 13.0 Å². The quantitative estimate of drug-likeness (QED) is 0.615. The highest BCUT2D eigenvalue weighted by Crippen LogP contribution is 2.22. The summed E-state index contributed by atoms with van der Waals surface area (Å²) in [7, 11) is 0. The predicted molar refractivity (Wildman–Crippen MR) is 66.2 cm³/mol. The van der Waals surface area contributed by atoms with Crippen molar-refractivity contribution in [1.82, 2.24) is 10.4 Å². The molecule has 5 heteroatoms. The highest BCUT2D eigenvalue weighted by atomic mass is 32.1. The van der Waals surface area contributed by atoms with E-state index >= 15 is 0 Å². The third-order valence-corrected chi connectivity index (χ3v) is 3.27. The molecule has 2 heterocycles. The number of nitrogens with one attached hydrogen (secondary N) is 1. The number of ether oxygens (including phenoxy) is 1. The van der Waals surface area contributed by atoms with Crippen LogP contribution in [-0.2, 0) is 4.74 Å². The van der Waals surface area contributed by atoms with E-state index in [1.165, 1.54) is 4.70 Å². The Bertz CT molecular complexity index is 457. The summed E-state index contributed by atoms with van der Waals surface area (Å²) in [4.78, 5) is 4.38. The molecule has 1 atom stereocenters. The highest BCUT2D eigenvalue weighted by molar-refractivity contribution is 7.17. The Kier molecular flexibility index (Phi) is 3.84. The number of hydrogen-bond donors (Lipinski definition) is 2. The standard InChI is InChI=1S/C11H15N3OS/c1-2-15-7-10(14-12)8-5-11-9(13-6-8)3-4-16-11/h3-6,10,14H,2,7,12H2,1H3. The molecule has 0 aromatic carbocycles. The van der Waals surface area contributed by atoms with E-state index in [9.17, 15) is 0 Å². The van der Waals surface area contributed by atoms with Crippen LogP contribution in [0.5, 0.6) is 0 Å². The minimum Gasteiger partial charge on any atom is -0.380 e. The van der Waals surface area contributed by atoms with Gasteiger partial charge in [-0.25, -0.2) is 0 Å². The lowest BCUT2D eigenvalue weighted by atomic mass is 10.1. The maximum absolute atomic E-state index is 5.51. The van der Waals surface area contributed by atoms with E-state index < -0.39 is 0 Å². The van der Waals surface area contributed by atoms with Gasteiger partial charge in [-0.2, -0.15) is 0 Å². The Balaban J connectivity index is 2.22. The summed E-state index contributed by atoms with van der Waals surface area (Å²) in [5.74, 6) is 5.51. The van der Waals surface area contributed by atoms with Crippen LogP contribution in [0.2, 0.25) is 0 Å². The molecule has 2 rings (SSSR count). The molecule has 1 unspecified atom stereocenters. The van der Waals surface area contributed by atoms with Gasteiger partial charge in [-0.1, -0.05) is 0 Å². The molecule has 3 N–H and O–H groups in total. The lowest BCUT2D eigenvalue weighted by Gasteiger charge is -2.15. The van der Waals surface area contributed by atoms with Gasteiger partial charge in [0.2, 0.25) is 0 Å². The SMILES string of the molecule is CCOCC(NN)c1cnc2ccsc2c1. The van der Waals surface area contributed by atoms with E-state index in [1.54, 1.807) is 11.3 Å². The normalized spacial score (nSPS) is 13.1. The van der Waals surface area contributed by atoms with Crippen LogP contribution < -0.4 is 11.3 Å². The molecule has 2 aromatic rings. The number of pyridine rings is 1. The van der Waals surface area contributed by atoms with Gasteiger partial charge in [0, 0.05) is 12.8 Å². The van der Waals surface area contributed by atoms with Crippen LogP contribution >= 0.6 is 11.3 Å². The highest BCUT2D eigenvalue weighted by Gasteiger charge is 2.11. The third kappa shape index (κ3) is 2.38. The predicted octanol–water partition coefficient (Wildman–Crippen LogP) is 1.84. The van der Waals surface area contributed by atoms with Gasteiger partial charge in [0.05, 0.1) is 22.9 Å². The van der Waals surface area contributed by atoms with Gasteiger partial charge >= 0.3 is 0 Å². The van der Waals surface area contributed by atoms with Gasteiger partial charge < -0.3 is 4.74 Å². The van der Waals surface area contributed by atoms with Crippen LogP contribution in [0.3, 0.4) is 0 Å². The summed E-state index contributed by atoms with van der Waals surface area (Å²) in [6, 6.07) is 4.12. The average molecular weight is 237 g/mol. The van der Waals surface area contributed by atoms with Gasteiger partial charge in [0.25, 0.3) is 0 Å². The van der Waals surface area contributed by atoms with Crippen molar-refractivity contribution in [3.63, 3.8) is 0 Å². The van der Waals surface area contributed by atoms with Crippen molar-refractivity contribution in [3.8, 4) is 0 Å². The molecule has 0 bridgehead atoms. The molecule has 0 amide bonds. The van der Waals surface area contributed by atoms with Crippen molar-refractivity contribution < 1.29 is 4.74 Å². The molecule has 0 aliphatic heterocycles. The van der Waals surface area contributed by atoms with Crippen molar-refractivity contribution in [2.75, 3.05) is 13.2 Å². The van der Waals surface area contributed by atoms with Crippen LogP contribution in [0.1, 0.15) is 18.5 Å². The summed E-state index contributed by atoms with van der Waals surface area (Å²) < 4.78 is 6.54. The average Bonchev–Trinajstić information content (AvgIpc) is 2.77. The van der Waals surface area contributed by atoms with E-state index in [0.29, 0.717) is 13.2 Å². The first-order chi connectivity index (χ1) is 7.85. The van der Waals surface area contributed by atoms with Gasteiger partial charge in [-0.3, -0.25) is 16.3 Å². The zero-order chi connectivity index (χ0) is 11.4. The largest absolute Gasteiger partial charge is 0.380 e. The minimum atomic E-state index is -0.000972. The molecule has 4 nitrogen and oxygen atoms in total. The number of hydrazine groups is 1. The number of nitrogens with zero attached hydrogens (tertiary/aromatic N) is 1. The first-order valence-corrected chi connectivity index (χ1v) is 6.10. The second-order valence-corrected chi connectivity index (χ2v) is 4.40. The maximum atomic E-state index is 5.51. The smallest absolute Gasteiger partial charge is 0.0809 e. The van der Waals surface area contributed by atoms with Crippen molar-refractivity contribution >= 4 is 21.6 Å². The van der Waals surface area contributed by atoms with Crippen molar-refractivity contribution in [2.24, 2.45) is 5.84 Å². The number of thiophene rings is 1. The second kappa shape index (κ2) is 5.36. The lowest BCUT2D eigenvalue weighted by Crippen LogP contribution is -2.31. The zero-order valence-electron chi connectivity index (χ0n) is 9.14. The fourth-order valence-electron chi connectivity index (χ4n) is 1.53. The topological polar surface area (TPSA) is 60.2 Å². The first-order valence-electron chi connectivity index (χ1n) is 5.22. The molecule has 16 heavy (non-hydrogen) atoms. The van der Waals surface area contributed by atoms with Crippen LogP contribution in [0, 0.1) is 0 Å². The Morgan fingerprint density at radius 1 is 1.62 bits per heavy atom. The molecule has 0 saturated carbocycles. The molecule has 2 aromatic heterocycles. The summed E-state index contributed by atoms with van der Waals surface area (Å²) in [5.41, 5.74) is 4.84. The molecule has 0 spiro atoms. The van der Waals surface area contributed by atoms with Crippen molar-refractivity contribution in [1.29, 1.82) is 0 Å². The van der Waals surface area contributed by atoms with Crippen LogP contribution in [0.15, 0.2) is 23.7 Å². The number of aromatic nitrogens is 1. The third-order valence-electron chi connectivity index (χ3n) is 2.42. The summed E-state index contributed by atoms with van der Waals surface area (Å²) >= 11 is 1.68. The molecule has 0 aliphatic carbocycles. The van der Waals surface area contributed by atoms with Gasteiger partial charge in [-0.15, -0.1) is 11.3 Å².